The minimum Gasteiger partial charge on any atom is -0.378 e. The summed E-state index contributed by atoms with van der Waals surface area (Å²) in [5.41, 5.74) is 3.10. The normalized spacial score (nSPS) is 12.1. The van der Waals surface area contributed by atoms with Gasteiger partial charge in [0.25, 0.3) is 0 Å². The molecule has 106 valence electrons. The van der Waals surface area contributed by atoms with Crippen LogP contribution in [0.5, 0.6) is 0 Å². The third-order valence-corrected chi connectivity index (χ3v) is 3.86. The molecular weight excluding hydrogens is 319 g/mol. The van der Waals surface area contributed by atoms with Crippen LogP contribution in [0.25, 0.3) is 0 Å². The molecule has 0 amide bonds. The van der Waals surface area contributed by atoms with Crippen molar-refractivity contribution in [3.05, 3.63) is 58.3 Å². The lowest BCUT2D eigenvalue weighted by Gasteiger charge is -2.18. The van der Waals surface area contributed by atoms with Gasteiger partial charge in [-0.15, -0.1) is 0 Å². The summed E-state index contributed by atoms with van der Waals surface area (Å²) in [5.74, 6) is -0.259. The lowest BCUT2D eigenvalue weighted by molar-refractivity contribution is 0.621. The Morgan fingerprint density at radius 1 is 1.10 bits per heavy atom. The van der Waals surface area contributed by atoms with Crippen molar-refractivity contribution in [1.82, 2.24) is 0 Å². The largest absolute Gasteiger partial charge is 0.378 e. The average molecular weight is 337 g/mol. The maximum Gasteiger partial charge on any atom is 0.139 e. The van der Waals surface area contributed by atoms with Crippen LogP contribution in [-0.2, 0) is 0 Å². The standard InChI is InChI=1S/C16H18BrFN2/c1-11(12-4-7-14(8-5-12)20(2)3)19-13-6-9-15(17)16(18)10-13/h4-11,19H,1-3H3. The number of rotatable bonds is 4. The zero-order valence-corrected chi connectivity index (χ0v) is 13.4. The van der Waals surface area contributed by atoms with Crippen molar-refractivity contribution in [3.63, 3.8) is 0 Å². The molecular formula is C16H18BrFN2. The minimum atomic E-state index is -0.259. The van der Waals surface area contributed by atoms with Crippen LogP contribution in [0.3, 0.4) is 0 Å². The predicted molar refractivity (Wildman–Crippen MR) is 86.9 cm³/mol. The number of benzene rings is 2. The first kappa shape index (κ1) is 14.9. The van der Waals surface area contributed by atoms with E-state index in [4.69, 9.17) is 0 Å². The lowest BCUT2D eigenvalue weighted by atomic mass is 10.1. The molecule has 0 saturated carbocycles. The Hall–Kier alpha value is -1.55. The Morgan fingerprint density at radius 3 is 2.30 bits per heavy atom. The number of hydrogen-bond donors (Lipinski definition) is 1. The summed E-state index contributed by atoms with van der Waals surface area (Å²) in [7, 11) is 4.03. The van der Waals surface area contributed by atoms with Gasteiger partial charge in [-0.05, 0) is 58.7 Å². The number of anilines is 2. The van der Waals surface area contributed by atoms with Crippen molar-refractivity contribution in [3.8, 4) is 0 Å². The molecule has 0 aromatic heterocycles. The first-order valence-electron chi connectivity index (χ1n) is 6.46. The Morgan fingerprint density at radius 2 is 1.75 bits per heavy atom. The highest BCUT2D eigenvalue weighted by molar-refractivity contribution is 9.10. The van der Waals surface area contributed by atoms with Crippen LogP contribution in [0.4, 0.5) is 15.8 Å². The highest BCUT2D eigenvalue weighted by Gasteiger charge is 2.07. The van der Waals surface area contributed by atoms with Crippen molar-refractivity contribution in [2.45, 2.75) is 13.0 Å². The fourth-order valence-electron chi connectivity index (χ4n) is 1.98. The third kappa shape index (κ3) is 3.51. The van der Waals surface area contributed by atoms with E-state index >= 15 is 0 Å². The number of hydrogen-bond acceptors (Lipinski definition) is 2. The summed E-state index contributed by atoms with van der Waals surface area (Å²) in [6.07, 6.45) is 0. The number of halogens is 2. The fourth-order valence-corrected chi connectivity index (χ4v) is 2.23. The monoisotopic (exact) mass is 336 g/mol. The second-order valence-electron chi connectivity index (χ2n) is 4.98. The van der Waals surface area contributed by atoms with Gasteiger partial charge in [-0.1, -0.05) is 12.1 Å². The van der Waals surface area contributed by atoms with Gasteiger partial charge in [0.05, 0.1) is 4.47 Å². The van der Waals surface area contributed by atoms with Crippen LogP contribution >= 0.6 is 15.9 Å². The number of nitrogens with one attached hydrogen (secondary N) is 1. The molecule has 0 saturated heterocycles. The molecule has 0 heterocycles. The quantitative estimate of drug-likeness (QED) is 0.860. The van der Waals surface area contributed by atoms with Crippen LogP contribution in [0, 0.1) is 5.82 Å². The molecule has 4 heteroatoms. The van der Waals surface area contributed by atoms with Gasteiger partial charge < -0.3 is 10.2 Å². The Labute approximate surface area is 127 Å². The summed E-state index contributed by atoms with van der Waals surface area (Å²) in [4.78, 5) is 2.06. The van der Waals surface area contributed by atoms with Crippen LogP contribution in [0.15, 0.2) is 46.9 Å². The molecule has 20 heavy (non-hydrogen) atoms. The molecule has 0 aliphatic heterocycles. The van der Waals surface area contributed by atoms with E-state index in [1.165, 1.54) is 11.6 Å². The molecule has 0 aliphatic rings. The Balaban J connectivity index is 2.10. The summed E-state index contributed by atoms with van der Waals surface area (Å²) in [6.45, 7) is 2.06. The summed E-state index contributed by atoms with van der Waals surface area (Å²) in [6, 6.07) is 13.5. The molecule has 2 aromatic carbocycles. The van der Waals surface area contributed by atoms with Crippen molar-refractivity contribution in [2.75, 3.05) is 24.3 Å². The Kier molecular flexibility index (Phi) is 4.65. The van der Waals surface area contributed by atoms with E-state index in [0.717, 1.165) is 11.4 Å². The molecule has 1 atom stereocenters. The van der Waals surface area contributed by atoms with Crippen molar-refractivity contribution in [2.24, 2.45) is 0 Å². The average Bonchev–Trinajstić information content (AvgIpc) is 2.43. The molecule has 1 unspecified atom stereocenters. The Bertz CT molecular complexity index is 582. The van der Waals surface area contributed by atoms with E-state index in [9.17, 15) is 4.39 Å². The van der Waals surface area contributed by atoms with Gasteiger partial charge in [-0.2, -0.15) is 0 Å². The zero-order chi connectivity index (χ0) is 14.7. The molecule has 0 bridgehead atoms. The maximum atomic E-state index is 13.5. The fraction of sp³-hybridized carbons (Fsp3) is 0.250. The van der Waals surface area contributed by atoms with Gasteiger partial charge in [0.15, 0.2) is 0 Å². The van der Waals surface area contributed by atoms with Gasteiger partial charge in [-0.25, -0.2) is 4.39 Å². The van der Waals surface area contributed by atoms with Crippen LogP contribution < -0.4 is 10.2 Å². The highest BCUT2D eigenvalue weighted by Crippen LogP contribution is 2.24. The first-order valence-corrected chi connectivity index (χ1v) is 7.25. The van der Waals surface area contributed by atoms with E-state index < -0.39 is 0 Å². The second-order valence-corrected chi connectivity index (χ2v) is 5.84. The van der Waals surface area contributed by atoms with Gasteiger partial charge in [0.2, 0.25) is 0 Å². The molecule has 2 aromatic rings. The van der Waals surface area contributed by atoms with E-state index in [1.807, 2.05) is 20.2 Å². The minimum absolute atomic E-state index is 0.117. The van der Waals surface area contributed by atoms with Gasteiger partial charge in [-0.3, -0.25) is 0 Å². The molecule has 0 fully saturated rings. The molecule has 0 radical (unpaired) electrons. The topological polar surface area (TPSA) is 15.3 Å². The third-order valence-electron chi connectivity index (χ3n) is 3.21. The van der Waals surface area contributed by atoms with Crippen LogP contribution in [0.1, 0.15) is 18.5 Å². The summed E-state index contributed by atoms with van der Waals surface area (Å²) < 4.78 is 14.0. The van der Waals surface area contributed by atoms with Crippen molar-refractivity contribution in [1.29, 1.82) is 0 Å². The smallest absolute Gasteiger partial charge is 0.139 e. The van der Waals surface area contributed by atoms with E-state index in [2.05, 4.69) is 57.3 Å². The molecule has 2 nitrogen and oxygen atoms in total. The maximum absolute atomic E-state index is 13.5. The van der Waals surface area contributed by atoms with Gasteiger partial charge in [0.1, 0.15) is 5.82 Å². The summed E-state index contributed by atoms with van der Waals surface area (Å²) in [5, 5.41) is 3.30. The first-order chi connectivity index (χ1) is 9.47. The predicted octanol–water partition coefficient (Wildman–Crippen LogP) is 4.83. The summed E-state index contributed by atoms with van der Waals surface area (Å²) >= 11 is 3.15. The van der Waals surface area contributed by atoms with E-state index in [0.29, 0.717) is 4.47 Å². The molecule has 0 spiro atoms. The lowest BCUT2D eigenvalue weighted by Crippen LogP contribution is -2.10. The van der Waals surface area contributed by atoms with Crippen LogP contribution in [-0.4, -0.2) is 14.1 Å². The molecule has 0 aliphatic carbocycles. The van der Waals surface area contributed by atoms with E-state index in [-0.39, 0.29) is 11.9 Å². The molecule has 2 rings (SSSR count). The van der Waals surface area contributed by atoms with Gasteiger partial charge in [0, 0.05) is 31.5 Å². The van der Waals surface area contributed by atoms with Crippen LogP contribution in [0.2, 0.25) is 0 Å². The highest BCUT2D eigenvalue weighted by atomic mass is 79.9. The van der Waals surface area contributed by atoms with Gasteiger partial charge >= 0.3 is 0 Å². The zero-order valence-electron chi connectivity index (χ0n) is 11.8. The van der Waals surface area contributed by atoms with E-state index in [1.54, 1.807) is 6.07 Å². The SMILES string of the molecule is CC(Nc1ccc(Br)c(F)c1)c1ccc(N(C)C)cc1. The van der Waals surface area contributed by atoms with Crippen molar-refractivity contribution < 1.29 is 4.39 Å². The molecule has 1 N–H and O–H groups in total. The number of nitrogens with zero attached hydrogens (tertiary/aromatic N) is 1. The van der Waals surface area contributed by atoms with Crippen molar-refractivity contribution >= 4 is 27.3 Å². The second kappa shape index (κ2) is 6.27.